The number of hydrogen-bond acceptors (Lipinski definition) is 16. The van der Waals surface area contributed by atoms with Crippen molar-refractivity contribution < 1.29 is 77.6 Å². The first-order valence-corrected chi connectivity index (χ1v) is 36.9. The molecule has 2 aromatic rings. The van der Waals surface area contributed by atoms with Crippen LogP contribution in [-0.2, 0) is 52.3 Å². The lowest BCUT2D eigenvalue weighted by Gasteiger charge is -2.48. The van der Waals surface area contributed by atoms with E-state index in [1.54, 1.807) is 41.7 Å². The number of amides is 4. The van der Waals surface area contributed by atoms with Crippen LogP contribution < -0.4 is 21.3 Å². The number of carbonyl (C=O) groups is 5. The minimum atomic E-state index is -1.05. The number of rotatable bonds is 34. The summed E-state index contributed by atoms with van der Waals surface area (Å²) in [5.41, 5.74) is 6.61. The number of allylic oxidation sites excluding steroid dienone is 2. The van der Waals surface area contributed by atoms with Crippen LogP contribution in [0.15, 0.2) is 71.8 Å². The average Bonchev–Trinajstić information content (AvgIpc) is 0.969. The Morgan fingerprint density at radius 2 is 0.990 bits per heavy atom. The molecule has 1 aliphatic carbocycles. The van der Waals surface area contributed by atoms with Crippen LogP contribution in [0.25, 0.3) is 11.1 Å². The van der Waals surface area contributed by atoms with Crippen LogP contribution in [0.5, 0.6) is 0 Å². The Morgan fingerprint density at radius 1 is 0.561 bits per heavy atom. The van der Waals surface area contributed by atoms with E-state index in [2.05, 4.69) is 90.1 Å². The zero-order chi connectivity index (χ0) is 72.0. The van der Waals surface area contributed by atoms with Crippen LogP contribution in [0.1, 0.15) is 222 Å². The molecule has 554 valence electrons. The van der Waals surface area contributed by atoms with E-state index < -0.39 is 53.9 Å². The lowest BCUT2D eigenvalue weighted by atomic mass is 9.85. The monoisotopic (exact) mass is 1370 g/mol. The van der Waals surface area contributed by atoms with E-state index in [9.17, 15) is 44.4 Å². The summed E-state index contributed by atoms with van der Waals surface area (Å²) in [7, 11) is 3.11. The van der Waals surface area contributed by atoms with E-state index in [0.29, 0.717) is 56.4 Å². The fourth-order valence-electron chi connectivity index (χ4n) is 13.7. The van der Waals surface area contributed by atoms with Gasteiger partial charge in [0.25, 0.3) is 0 Å². The van der Waals surface area contributed by atoms with Crippen molar-refractivity contribution >= 4 is 29.6 Å². The maximum absolute atomic E-state index is 12.9. The third-order valence-corrected chi connectivity index (χ3v) is 20.6. The van der Waals surface area contributed by atoms with E-state index in [1.165, 1.54) is 7.11 Å². The van der Waals surface area contributed by atoms with Crippen molar-refractivity contribution in [3.8, 4) is 11.1 Å². The largest absolute Gasteiger partial charge is 0.449 e. The van der Waals surface area contributed by atoms with E-state index >= 15 is 0 Å². The minimum Gasteiger partial charge on any atom is -0.449 e. The van der Waals surface area contributed by atoms with Gasteiger partial charge in [-0.1, -0.05) is 102 Å². The van der Waals surface area contributed by atoms with Crippen molar-refractivity contribution in [3.63, 3.8) is 0 Å². The summed E-state index contributed by atoms with van der Waals surface area (Å²) in [6.07, 6.45) is 19.5. The molecule has 0 saturated carbocycles. The van der Waals surface area contributed by atoms with Gasteiger partial charge in [-0.05, 0) is 182 Å². The topological polar surface area (TPSA) is 279 Å². The van der Waals surface area contributed by atoms with Crippen molar-refractivity contribution in [2.24, 2.45) is 35.5 Å². The van der Waals surface area contributed by atoms with Gasteiger partial charge in [-0.2, -0.15) is 0 Å². The highest BCUT2D eigenvalue weighted by atomic mass is 16.7. The van der Waals surface area contributed by atoms with E-state index in [4.69, 9.17) is 28.4 Å². The van der Waals surface area contributed by atoms with Crippen molar-refractivity contribution in [3.05, 3.63) is 83.0 Å². The molecule has 5 aliphatic rings. The summed E-state index contributed by atoms with van der Waals surface area (Å²) in [5.74, 6) is -1.27. The summed E-state index contributed by atoms with van der Waals surface area (Å²) in [6, 6.07) is 16.3. The van der Waals surface area contributed by atoms with Gasteiger partial charge in [0.05, 0.1) is 73.9 Å². The second-order valence-electron chi connectivity index (χ2n) is 29.0. The average molecular weight is 1380 g/mol. The first kappa shape index (κ1) is 83.5. The molecule has 0 bridgehead atoms. The second-order valence-corrected chi connectivity index (χ2v) is 29.0. The zero-order valence-electron chi connectivity index (χ0n) is 61.7. The fraction of sp³-hybridized carbons (Fsp3) is 0.731. The van der Waals surface area contributed by atoms with Crippen LogP contribution in [0.3, 0.4) is 0 Å². The van der Waals surface area contributed by atoms with E-state index in [0.717, 1.165) is 149 Å². The Kier molecular flexibility index (Phi) is 36.6. The number of alkyl carbamates (subject to hydrolysis) is 1. The molecular weight excluding hydrogens is 1250 g/mol. The minimum absolute atomic E-state index is 0.0325. The summed E-state index contributed by atoms with van der Waals surface area (Å²) in [5, 5.41) is 51.7. The third kappa shape index (κ3) is 28.0. The van der Waals surface area contributed by atoms with Gasteiger partial charge in [0, 0.05) is 84.8 Å². The highest BCUT2D eigenvalue weighted by molar-refractivity contribution is 5.81. The Labute approximate surface area is 586 Å². The summed E-state index contributed by atoms with van der Waals surface area (Å²) >= 11 is 0. The van der Waals surface area contributed by atoms with Gasteiger partial charge in [-0.15, -0.1) is 0 Å². The van der Waals surface area contributed by atoms with Crippen molar-refractivity contribution in [1.29, 1.82) is 0 Å². The SMILES string of the molecule is C/C(=C\[C@@H](C)CC[C@@H]1CCC[C@]2(CCC(C)[C@@H](CCCNC(=O)[C@@H](C)[C@@H](O)CNC(=O)OCC3c4ccccc4-c4ccccc43)O2)O1)[C@H](C)O.COCCC(=O)NC[C@H](O)[C@H](C)C(=O)NCCC[C@H]1O[C@@]2(CCC[C@@H](CC[C@H](C)/C=C(\C)[C@H](C)O)O2)CCC1C.COCCC(C)=O. The quantitative estimate of drug-likeness (QED) is 0.0239. The number of fused-ring (bicyclic) bond motifs is 3. The Balaban J connectivity index is 0.000000330. The van der Waals surface area contributed by atoms with Gasteiger partial charge < -0.3 is 74.9 Å². The third-order valence-electron chi connectivity index (χ3n) is 20.6. The smallest absolute Gasteiger partial charge is 0.407 e. The van der Waals surface area contributed by atoms with Crippen molar-refractivity contribution in [2.75, 3.05) is 60.2 Å². The first-order valence-electron chi connectivity index (χ1n) is 36.9. The van der Waals surface area contributed by atoms with Gasteiger partial charge in [0.1, 0.15) is 12.4 Å². The molecule has 4 saturated heterocycles. The number of aliphatic hydroxyl groups excluding tert-OH is 4. The number of aliphatic hydroxyl groups is 4. The summed E-state index contributed by atoms with van der Waals surface area (Å²) < 4.78 is 41.8. The number of methoxy groups -OCH3 is 2. The molecule has 20 nitrogen and oxygen atoms in total. The molecule has 2 aromatic carbocycles. The fourth-order valence-corrected chi connectivity index (χ4v) is 13.7. The number of benzene rings is 2. The first-order chi connectivity index (χ1) is 46.7. The summed E-state index contributed by atoms with van der Waals surface area (Å²) in [6.45, 7) is 23.3. The Bertz CT molecular complexity index is 2750. The number of nitrogens with one attached hydrogen (secondary N) is 4. The maximum atomic E-state index is 12.9. The number of ketones is 1. The standard InChI is InChI=1S/C42H60N2O7.C31H56N2O7.C5H10O2/c1-27(24-29(3)31(5)45)18-19-32-12-10-21-42(50-32)22-20-28(2)39(51-42)17-11-23-43-40(47)30(4)38(46)25-44-41(48)49-26-37-35-15-8-6-13-33(35)34-14-7-9-16-36(34)37;1-21(19-23(3)25(5)34)11-12-26-9-7-15-31(39-26)16-13-22(2)28(40-31)10-8-17-32-30(37)24(4)27(35)20-33-29(36)14-18-38-6;1-5(6)3-4-7-2/h6-9,13-16,24,27-28,30-32,37-39,45-46H,10-12,17-23,25-26H2,1-5H3,(H,43,47)(H,44,48);19,21-22,24-28,34-35H,7-18,20H2,1-6H3,(H,32,37)(H,33,36);3-4H2,1-2H3/b29-24+;23-19+;/t27-,28?,30-,31-,32-,38-,39+,42-;21-,22?,24-,25-,26-,27-,28+,31-;/m00./s1. The molecule has 4 heterocycles. The highest BCUT2D eigenvalue weighted by Gasteiger charge is 2.46. The van der Waals surface area contributed by atoms with E-state index in [-0.39, 0.29) is 80.0 Å². The lowest BCUT2D eigenvalue weighted by Crippen LogP contribution is -2.50. The van der Waals surface area contributed by atoms with Gasteiger partial charge in [0.15, 0.2) is 11.6 Å². The van der Waals surface area contributed by atoms with Gasteiger partial charge in [-0.25, -0.2) is 4.79 Å². The van der Waals surface area contributed by atoms with Gasteiger partial charge in [0.2, 0.25) is 17.7 Å². The molecule has 0 radical (unpaired) electrons. The Hall–Kier alpha value is -5.13. The van der Waals surface area contributed by atoms with Crippen LogP contribution in [0, 0.1) is 35.5 Å². The van der Waals surface area contributed by atoms with Crippen LogP contribution in [0.4, 0.5) is 4.79 Å². The molecule has 0 aromatic heterocycles. The van der Waals surface area contributed by atoms with E-state index in [1.807, 2.05) is 38.1 Å². The van der Waals surface area contributed by atoms with Gasteiger partial charge in [-0.3, -0.25) is 19.2 Å². The van der Waals surface area contributed by atoms with Gasteiger partial charge >= 0.3 is 6.09 Å². The molecule has 2 spiro atoms. The predicted molar refractivity (Wildman–Crippen MR) is 382 cm³/mol. The summed E-state index contributed by atoms with van der Waals surface area (Å²) in [4.78, 5) is 59.8. The Morgan fingerprint density at radius 3 is 1.41 bits per heavy atom. The van der Waals surface area contributed by atoms with Crippen LogP contribution in [-0.4, -0.2) is 171 Å². The number of carbonyl (C=O) groups excluding carboxylic acids is 5. The molecule has 4 amide bonds. The van der Waals surface area contributed by atoms with Crippen molar-refractivity contribution in [2.45, 2.75) is 271 Å². The molecule has 4 fully saturated rings. The number of hydrogen-bond donors (Lipinski definition) is 8. The highest BCUT2D eigenvalue weighted by Crippen LogP contribution is 2.46. The number of ether oxygens (including phenoxy) is 7. The normalized spacial score (nSPS) is 25.6. The molecule has 4 aliphatic heterocycles. The lowest BCUT2D eigenvalue weighted by molar-refractivity contribution is -0.324. The van der Waals surface area contributed by atoms with Crippen LogP contribution in [0.2, 0.25) is 0 Å². The predicted octanol–water partition coefficient (Wildman–Crippen LogP) is 11.7. The number of Topliss-reactive ketones (excluding diaryl/α,β-unsaturated/α-hetero) is 1. The van der Waals surface area contributed by atoms with Crippen LogP contribution >= 0.6 is 0 Å². The molecule has 7 rings (SSSR count). The molecule has 20 heteroatoms. The van der Waals surface area contributed by atoms with Crippen molar-refractivity contribution in [1.82, 2.24) is 21.3 Å². The second kappa shape index (κ2) is 43.0. The molecule has 16 atom stereocenters. The zero-order valence-corrected chi connectivity index (χ0v) is 61.7. The molecule has 2 unspecified atom stereocenters. The molecule has 98 heavy (non-hydrogen) atoms. The molecular formula is C78H126N4O16. The maximum Gasteiger partial charge on any atom is 0.407 e. The molecule has 8 N–H and O–H groups in total.